The van der Waals surface area contributed by atoms with Crippen LogP contribution in [0.3, 0.4) is 0 Å². The van der Waals surface area contributed by atoms with Crippen molar-refractivity contribution in [3.8, 4) is 11.5 Å². The van der Waals surface area contributed by atoms with Crippen molar-refractivity contribution in [2.24, 2.45) is 4.99 Å². The highest BCUT2D eigenvalue weighted by Crippen LogP contribution is 2.34. The van der Waals surface area contributed by atoms with Crippen LogP contribution in [0.2, 0.25) is 0 Å². The van der Waals surface area contributed by atoms with Gasteiger partial charge in [0.2, 0.25) is 0 Å². The average molecular weight is 291 g/mol. The van der Waals surface area contributed by atoms with Crippen LogP contribution in [0.4, 0.5) is 13.2 Å². The lowest BCUT2D eigenvalue weighted by Crippen LogP contribution is -2.28. The molecular formula is C16H12F3NO. The van der Waals surface area contributed by atoms with E-state index in [4.69, 9.17) is 4.74 Å². The molecule has 2 aromatic carbocycles. The van der Waals surface area contributed by atoms with E-state index < -0.39 is 11.9 Å². The standard InChI is InChI=1S/C16H12F3NO/c17-16(18,19)15-13-7-4-8-14(12(13)9-10-20-15)21-11-5-2-1-3-6-11/h1-8H,9-10H2. The van der Waals surface area contributed by atoms with E-state index in [-0.39, 0.29) is 12.1 Å². The molecule has 0 unspecified atom stereocenters. The minimum atomic E-state index is -4.44. The molecule has 0 saturated carbocycles. The zero-order chi connectivity index (χ0) is 14.9. The molecule has 0 fully saturated rings. The molecule has 2 aromatic rings. The molecule has 1 heterocycles. The van der Waals surface area contributed by atoms with Gasteiger partial charge in [0.1, 0.15) is 17.2 Å². The number of nitrogens with zero attached hydrogens (tertiary/aromatic N) is 1. The van der Waals surface area contributed by atoms with Crippen LogP contribution >= 0.6 is 0 Å². The Morgan fingerprint density at radius 2 is 1.71 bits per heavy atom. The highest BCUT2D eigenvalue weighted by atomic mass is 19.4. The lowest BCUT2D eigenvalue weighted by Gasteiger charge is -2.21. The number of rotatable bonds is 2. The summed E-state index contributed by atoms with van der Waals surface area (Å²) in [5.41, 5.74) is -0.145. The van der Waals surface area contributed by atoms with E-state index in [9.17, 15) is 13.2 Å². The normalized spacial score (nSPS) is 14.3. The summed E-state index contributed by atoms with van der Waals surface area (Å²) in [5, 5.41) is 0. The maximum Gasteiger partial charge on any atom is 0.433 e. The fraction of sp³-hybridized carbons (Fsp3) is 0.188. The molecule has 1 aliphatic rings. The first-order chi connectivity index (χ1) is 10.1. The molecule has 1 aliphatic heterocycles. The lowest BCUT2D eigenvalue weighted by atomic mass is 9.96. The predicted molar refractivity (Wildman–Crippen MR) is 74.1 cm³/mol. The van der Waals surface area contributed by atoms with Crippen molar-refractivity contribution in [1.29, 1.82) is 0 Å². The van der Waals surface area contributed by atoms with Crippen LogP contribution in [-0.2, 0) is 6.42 Å². The average Bonchev–Trinajstić information content (AvgIpc) is 2.47. The number of benzene rings is 2. The highest BCUT2D eigenvalue weighted by molar-refractivity contribution is 6.06. The van der Waals surface area contributed by atoms with Gasteiger partial charge in [-0.15, -0.1) is 0 Å². The number of hydrogen-bond donors (Lipinski definition) is 0. The summed E-state index contributed by atoms with van der Waals surface area (Å²) in [6, 6.07) is 13.7. The Balaban J connectivity index is 2.01. The summed E-state index contributed by atoms with van der Waals surface area (Å²) in [4.78, 5) is 3.63. The summed E-state index contributed by atoms with van der Waals surface area (Å²) in [6.45, 7) is 0.122. The van der Waals surface area contributed by atoms with E-state index in [1.807, 2.05) is 18.2 Å². The van der Waals surface area contributed by atoms with E-state index in [1.165, 1.54) is 6.07 Å². The smallest absolute Gasteiger partial charge is 0.433 e. The van der Waals surface area contributed by atoms with Crippen LogP contribution in [0, 0.1) is 0 Å². The third-order valence-corrected chi connectivity index (χ3v) is 3.26. The minimum Gasteiger partial charge on any atom is -0.457 e. The zero-order valence-corrected chi connectivity index (χ0v) is 11.0. The van der Waals surface area contributed by atoms with Crippen LogP contribution in [0.1, 0.15) is 11.1 Å². The van der Waals surface area contributed by atoms with Gasteiger partial charge in [-0.1, -0.05) is 30.3 Å². The first-order valence-corrected chi connectivity index (χ1v) is 6.52. The Kier molecular flexibility index (Phi) is 3.41. The van der Waals surface area contributed by atoms with E-state index in [2.05, 4.69) is 4.99 Å². The molecule has 0 aromatic heterocycles. The van der Waals surface area contributed by atoms with Gasteiger partial charge < -0.3 is 4.74 Å². The molecule has 5 heteroatoms. The molecule has 0 radical (unpaired) electrons. The molecule has 108 valence electrons. The van der Waals surface area contributed by atoms with Crippen molar-refractivity contribution in [1.82, 2.24) is 0 Å². The predicted octanol–water partition coefficient (Wildman–Crippen LogP) is 4.39. The quantitative estimate of drug-likeness (QED) is 0.804. The van der Waals surface area contributed by atoms with Gasteiger partial charge in [0, 0.05) is 17.7 Å². The molecule has 0 spiro atoms. The molecule has 3 rings (SSSR count). The van der Waals surface area contributed by atoms with Gasteiger partial charge in [-0.25, -0.2) is 0 Å². The molecule has 0 aliphatic carbocycles. The van der Waals surface area contributed by atoms with Gasteiger partial charge in [-0.2, -0.15) is 13.2 Å². The van der Waals surface area contributed by atoms with Gasteiger partial charge >= 0.3 is 6.18 Å². The fourth-order valence-electron chi connectivity index (χ4n) is 2.36. The van der Waals surface area contributed by atoms with Gasteiger partial charge in [0.25, 0.3) is 0 Å². The van der Waals surface area contributed by atoms with Crippen molar-refractivity contribution in [3.63, 3.8) is 0 Å². The number of aliphatic imine (C=N–C) groups is 1. The number of para-hydroxylation sites is 1. The van der Waals surface area contributed by atoms with Crippen LogP contribution in [-0.4, -0.2) is 18.4 Å². The van der Waals surface area contributed by atoms with E-state index in [1.54, 1.807) is 24.3 Å². The number of fused-ring (bicyclic) bond motifs is 1. The molecule has 2 nitrogen and oxygen atoms in total. The Bertz CT molecular complexity index is 678. The van der Waals surface area contributed by atoms with Crippen molar-refractivity contribution >= 4 is 5.71 Å². The van der Waals surface area contributed by atoms with Gasteiger partial charge in [-0.3, -0.25) is 4.99 Å². The maximum absolute atomic E-state index is 13.0. The molecular weight excluding hydrogens is 279 g/mol. The van der Waals surface area contributed by atoms with E-state index in [0.717, 1.165) is 0 Å². The number of halogens is 3. The van der Waals surface area contributed by atoms with E-state index >= 15 is 0 Å². The number of ether oxygens (including phenoxy) is 1. The van der Waals surface area contributed by atoms with Crippen molar-refractivity contribution < 1.29 is 17.9 Å². The van der Waals surface area contributed by atoms with Gasteiger partial charge in [0.05, 0.1) is 0 Å². The molecule has 0 bridgehead atoms. The number of hydrogen-bond acceptors (Lipinski definition) is 2. The molecule has 0 atom stereocenters. The third-order valence-electron chi connectivity index (χ3n) is 3.26. The Morgan fingerprint density at radius 3 is 2.43 bits per heavy atom. The van der Waals surface area contributed by atoms with Crippen LogP contribution < -0.4 is 4.74 Å². The van der Waals surface area contributed by atoms with Crippen LogP contribution in [0.15, 0.2) is 53.5 Å². The summed E-state index contributed by atoms with van der Waals surface area (Å²) in [7, 11) is 0. The number of alkyl halides is 3. The molecule has 0 saturated heterocycles. The Hall–Kier alpha value is -2.30. The van der Waals surface area contributed by atoms with Crippen LogP contribution in [0.5, 0.6) is 11.5 Å². The summed E-state index contributed by atoms with van der Waals surface area (Å²) in [6.07, 6.45) is -4.00. The molecule has 21 heavy (non-hydrogen) atoms. The summed E-state index contributed by atoms with van der Waals surface area (Å²) in [5.74, 6) is 1.05. The minimum absolute atomic E-state index is 0.113. The SMILES string of the molecule is FC(F)(F)C1=NCCc2c(Oc3ccccc3)cccc21. The van der Waals surface area contributed by atoms with Crippen LogP contribution in [0.25, 0.3) is 0 Å². The monoisotopic (exact) mass is 291 g/mol. The van der Waals surface area contributed by atoms with Crippen molar-refractivity contribution in [2.45, 2.75) is 12.6 Å². The third kappa shape index (κ3) is 2.77. The first-order valence-electron chi connectivity index (χ1n) is 6.52. The highest BCUT2D eigenvalue weighted by Gasteiger charge is 2.39. The topological polar surface area (TPSA) is 21.6 Å². The molecule has 0 amide bonds. The van der Waals surface area contributed by atoms with Crippen molar-refractivity contribution in [3.05, 3.63) is 59.7 Å². The summed E-state index contributed by atoms with van der Waals surface area (Å²) >= 11 is 0. The second kappa shape index (κ2) is 5.24. The lowest BCUT2D eigenvalue weighted by molar-refractivity contribution is -0.0584. The second-order valence-corrected chi connectivity index (χ2v) is 4.68. The van der Waals surface area contributed by atoms with Crippen molar-refractivity contribution in [2.75, 3.05) is 6.54 Å². The zero-order valence-electron chi connectivity index (χ0n) is 11.0. The first kappa shape index (κ1) is 13.7. The van der Waals surface area contributed by atoms with Gasteiger partial charge in [-0.05, 0) is 24.6 Å². The Labute approximate surface area is 119 Å². The molecule has 0 N–H and O–H groups in total. The largest absolute Gasteiger partial charge is 0.457 e. The van der Waals surface area contributed by atoms with E-state index in [0.29, 0.717) is 23.5 Å². The fourth-order valence-corrected chi connectivity index (χ4v) is 2.36. The second-order valence-electron chi connectivity index (χ2n) is 4.68. The maximum atomic E-state index is 13.0. The summed E-state index contributed by atoms with van der Waals surface area (Å²) < 4.78 is 44.7. The van der Waals surface area contributed by atoms with Gasteiger partial charge in [0.15, 0.2) is 0 Å². The Morgan fingerprint density at radius 1 is 0.952 bits per heavy atom.